The molecule has 0 heterocycles. The van der Waals surface area contributed by atoms with Gasteiger partial charge in [-0.05, 0) is 18.9 Å². The molecule has 0 aromatic heterocycles. The van der Waals surface area contributed by atoms with Crippen LogP contribution in [-0.2, 0) is 16.0 Å². The Labute approximate surface area is 107 Å². The van der Waals surface area contributed by atoms with Crippen molar-refractivity contribution in [3.8, 4) is 0 Å². The van der Waals surface area contributed by atoms with Crippen LogP contribution in [0.5, 0.6) is 0 Å². The summed E-state index contributed by atoms with van der Waals surface area (Å²) < 4.78 is 0. The molecule has 18 heavy (non-hydrogen) atoms. The van der Waals surface area contributed by atoms with Crippen molar-refractivity contribution in [1.29, 1.82) is 0 Å². The van der Waals surface area contributed by atoms with E-state index >= 15 is 0 Å². The molecule has 0 unspecified atom stereocenters. The number of hydrogen-bond donors (Lipinski definition) is 1. The first-order chi connectivity index (χ1) is 8.49. The standard InChI is InChI=1S/C14H17NO3/c1-11-3-5-12(6-4-11)9-10-15(2)13(16)7-8-14(17)18/h3-8H,9-10H2,1-2H3,(H,17,18)/b8-7+. The minimum Gasteiger partial charge on any atom is -0.478 e. The molecule has 0 aliphatic rings. The van der Waals surface area contributed by atoms with E-state index in [-0.39, 0.29) is 5.91 Å². The molecule has 0 aliphatic carbocycles. The van der Waals surface area contributed by atoms with Crippen LogP contribution in [0.3, 0.4) is 0 Å². The Kier molecular flexibility index (Phi) is 5.11. The van der Waals surface area contributed by atoms with E-state index in [1.165, 1.54) is 10.5 Å². The summed E-state index contributed by atoms with van der Waals surface area (Å²) in [5, 5.41) is 8.42. The van der Waals surface area contributed by atoms with Gasteiger partial charge in [-0.25, -0.2) is 4.79 Å². The van der Waals surface area contributed by atoms with Gasteiger partial charge in [0.15, 0.2) is 0 Å². The zero-order valence-corrected chi connectivity index (χ0v) is 10.6. The number of carboxylic acid groups (broad SMARTS) is 1. The van der Waals surface area contributed by atoms with Crippen molar-refractivity contribution in [3.05, 3.63) is 47.5 Å². The van der Waals surface area contributed by atoms with Gasteiger partial charge in [0.25, 0.3) is 0 Å². The number of benzene rings is 1. The number of aryl methyl sites for hydroxylation is 1. The molecular formula is C14H17NO3. The highest BCUT2D eigenvalue weighted by Gasteiger charge is 2.05. The SMILES string of the molecule is Cc1ccc(CCN(C)C(=O)/C=C/C(=O)O)cc1. The normalized spacial score (nSPS) is 10.6. The van der Waals surface area contributed by atoms with Crippen molar-refractivity contribution in [3.63, 3.8) is 0 Å². The zero-order valence-electron chi connectivity index (χ0n) is 10.6. The van der Waals surface area contributed by atoms with E-state index in [1.54, 1.807) is 7.05 Å². The van der Waals surface area contributed by atoms with Gasteiger partial charge in [-0.2, -0.15) is 0 Å². The van der Waals surface area contributed by atoms with Crippen molar-refractivity contribution < 1.29 is 14.7 Å². The van der Waals surface area contributed by atoms with E-state index in [0.29, 0.717) is 6.54 Å². The molecular weight excluding hydrogens is 230 g/mol. The minimum atomic E-state index is -1.12. The Hall–Kier alpha value is -2.10. The van der Waals surface area contributed by atoms with Gasteiger partial charge in [0.1, 0.15) is 0 Å². The van der Waals surface area contributed by atoms with E-state index in [0.717, 1.165) is 24.1 Å². The molecule has 0 atom stereocenters. The summed E-state index contributed by atoms with van der Waals surface area (Å²) in [6, 6.07) is 8.12. The highest BCUT2D eigenvalue weighted by Crippen LogP contribution is 2.04. The van der Waals surface area contributed by atoms with Gasteiger partial charge < -0.3 is 10.0 Å². The largest absolute Gasteiger partial charge is 0.478 e. The van der Waals surface area contributed by atoms with Crippen molar-refractivity contribution in [2.24, 2.45) is 0 Å². The molecule has 1 aromatic carbocycles. The highest BCUT2D eigenvalue weighted by atomic mass is 16.4. The van der Waals surface area contributed by atoms with Gasteiger partial charge in [0.05, 0.1) is 0 Å². The number of aliphatic carboxylic acids is 1. The third kappa shape index (κ3) is 4.82. The van der Waals surface area contributed by atoms with Crippen LogP contribution in [0.25, 0.3) is 0 Å². The summed E-state index contributed by atoms with van der Waals surface area (Å²) in [5.41, 5.74) is 2.36. The van der Waals surface area contributed by atoms with Crippen LogP contribution in [-0.4, -0.2) is 35.5 Å². The van der Waals surface area contributed by atoms with Crippen molar-refractivity contribution >= 4 is 11.9 Å². The lowest BCUT2D eigenvalue weighted by Gasteiger charge is -2.14. The molecule has 0 saturated heterocycles. The predicted molar refractivity (Wildman–Crippen MR) is 69.3 cm³/mol. The Morgan fingerprint density at radius 2 is 1.83 bits per heavy atom. The molecule has 4 heteroatoms. The first-order valence-electron chi connectivity index (χ1n) is 5.70. The number of rotatable bonds is 5. The van der Waals surface area contributed by atoms with Crippen LogP contribution in [0.2, 0.25) is 0 Å². The molecule has 1 aromatic rings. The maximum atomic E-state index is 11.5. The maximum Gasteiger partial charge on any atom is 0.328 e. The van der Waals surface area contributed by atoms with Crippen molar-refractivity contribution in [2.45, 2.75) is 13.3 Å². The lowest BCUT2D eigenvalue weighted by Crippen LogP contribution is -2.27. The first kappa shape index (κ1) is 14.0. The number of carbonyl (C=O) groups is 2. The van der Waals surface area contributed by atoms with Crippen LogP contribution < -0.4 is 0 Å². The summed E-state index contributed by atoms with van der Waals surface area (Å²) >= 11 is 0. The molecule has 1 amide bonds. The number of amides is 1. The van der Waals surface area contributed by atoms with Gasteiger partial charge in [-0.3, -0.25) is 4.79 Å². The number of likely N-dealkylation sites (N-methyl/N-ethyl adjacent to an activating group) is 1. The molecule has 1 rings (SSSR count). The number of carboxylic acids is 1. The zero-order chi connectivity index (χ0) is 13.5. The number of nitrogens with zero attached hydrogens (tertiary/aromatic N) is 1. The third-order valence-corrected chi connectivity index (χ3v) is 2.60. The number of hydrogen-bond acceptors (Lipinski definition) is 2. The molecule has 1 N–H and O–H groups in total. The maximum absolute atomic E-state index is 11.5. The van der Waals surface area contributed by atoms with E-state index in [4.69, 9.17) is 5.11 Å². The lowest BCUT2D eigenvalue weighted by molar-refractivity contribution is -0.132. The fourth-order valence-corrected chi connectivity index (χ4v) is 1.43. The number of carbonyl (C=O) groups excluding carboxylic acids is 1. The fraction of sp³-hybridized carbons (Fsp3) is 0.286. The predicted octanol–water partition coefficient (Wildman–Crippen LogP) is 1.64. The second kappa shape index (κ2) is 6.59. The Balaban J connectivity index is 2.45. The topological polar surface area (TPSA) is 57.6 Å². The van der Waals surface area contributed by atoms with Gasteiger partial charge in [0, 0.05) is 25.7 Å². The van der Waals surface area contributed by atoms with Gasteiger partial charge >= 0.3 is 5.97 Å². The second-order valence-corrected chi connectivity index (χ2v) is 4.17. The van der Waals surface area contributed by atoms with Gasteiger partial charge in [0.2, 0.25) is 5.91 Å². The Morgan fingerprint density at radius 1 is 1.22 bits per heavy atom. The summed E-state index contributed by atoms with van der Waals surface area (Å²) in [7, 11) is 1.66. The van der Waals surface area contributed by atoms with Crippen LogP contribution in [0.1, 0.15) is 11.1 Å². The highest BCUT2D eigenvalue weighted by molar-refractivity contribution is 5.93. The molecule has 0 spiro atoms. The quantitative estimate of drug-likeness (QED) is 0.805. The smallest absolute Gasteiger partial charge is 0.328 e. The Bertz CT molecular complexity index is 449. The third-order valence-electron chi connectivity index (χ3n) is 2.60. The first-order valence-corrected chi connectivity index (χ1v) is 5.70. The summed E-state index contributed by atoms with van der Waals surface area (Å²) in [4.78, 5) is 23.3. The molecule has 4 nitrogen and oxygen atoms in total. The van der Waals surface area contributed by atoms with Crippen molar-refractivity contribution in [2.75, 3.05) is 13.6 Å². The van der Waals surface area contributed by atoms with E-state index in [1.807, 2.05) is 31.2 Å². The average Bonchev–Trinajstić information content (AvgIpc) is 2.34. The van der Waals surface area contributed by atoms with Gasteiger partial charge in [-0.1, -0.05) is 29.8 Å². The molecule has 0 radical (unpaired) electrons. The van der Waals surface area contributed by atoms with Crippen LogP contribution in [0.15, 0.2) is 36.4 Å². The second-order valence-electron chi connectivity index (χ2n) is 4.17. The molecule has 0 bridgehead atoms. The van der Waals surface area contributed by atoms with Crippen LogP contribution >= 0.6 is 0 Å². The molecule has 0 aliphatic heterocycles. The monoisotopic (exact) mass is 247 g/mol. The Morgan fingerprint density at radius 3 is 2.39 bits per heavy atom. The summed E-state index contributed by atoms with van der Waals surface area (Å²) in [6.07, 6.45) is 2.67. The van der Waals surface area contributed by atoms with Crippen LogP contribution in [0, 0.1) is 6.92 Å². The van der Waals surface area contributed by atoms with Crippen molar-refractivity contribution in [1.82, 2.24) is 4.90 Å². The van der Waals surface area contributed by atoms with E-state index in [2.05, 4.69) is 0 Å². The molecule has 0 fully saturated rings. The minimum absolute atomic E-state index is 0.301. The lowest BCUT2D eigenvalue weighted by atomic mass is 10.1. The summed E-state index contributed by atoms with van der Waals surface area (Å²) in [6.45, 7) is 2.59. The molecule has 0 saturated carbocycles. The van der Waals surface area contributed by atoms with Crippen LogP contribution in [0.4, 0.5) is 0 Å². The summed E-state index contributed by atoms with van der Waals surface area (Å²) in [5.74, 6) is -1.42. The fourth-order valence-electron chi connectivity index (χ4n) is 1.43. The average molecular weight is 247 g/mol. The van der Waals surface area contributed by atoms with Gasteiger partial charge in [-0.15, -0.1) is 0 Å². The van der Waals surface area contributed by atoms with E-state index in [9.17, 15) is 9.59 Å². The van der Waals surface area contributed by atoms with E-state index < -0.39 is 5.97 Å². The molecule has 96 valence electrons.